The molecule has 2 fully saturated rings. The van der Waals surface area contributed by atoms with Crippen molar-refractivity contribution in [3.05, 3.63) is 109 Å². The van der Waals surface area contributed by atoms with Gasteiger partial charge in [0.25, 0.3) is 5.91 Å². The van der Waals surface area contributed by atoms with Gasteiger partial charge >= 0.3 is 0 Å². The minimum Gasteiger partial charge on any atom is -0.449 e. The molecule has 2 saturated heterocycles. The number of hydrogen-bond acceptors (Lipinski definition) is 6. The first-order valence-electron chi connectivity index (χ1n) is 15.5. The highest BCUT2D eigenvalue weighted by Gasteiger charge is 2.31. The third-order valence-corrected chi connectivity index (χ3v) is 9.39. The second kappa shape index (κ2) is 14.4. The molecule has 3 amide bonds. The summed E-state index contributed by atoms with van der Waals surface area (Å²) in [6.45, 7) is 3.36. The van der Waals surface area contributed by atoms with E-state index < -0.39 is 17.4 Å². The fraction of sp³-hybridized carbons (Fsp3) is 0.314. The van der Waals surface area contributed by atoms with E-state index >= 15 is 0 Å². The first-order valence-corrected chi connectivity index (χ1v) is 16.7. The lowest BCUT2D eigenvalue weighted by molar-refractivity contribution is -0.134. The summed E-state index contributed by atoms with van der Waals surface area (Å²) in [7, 11) is 0. The van der Waals surface area contributed by atoms with E-state index in [1.165, 1.54) is 12.1 Å². The summed E-state index contributed by atoms with van der Waals surface area (Å²) in [5.41, 5.74) is 2.48. The largest absolute Gasteiger partial charge is 0.449 e. The van der Waals surface area contributed by atoms with Crippen LogP contribution in [0.25, 0.3) is 11.0 Å². The number of piperazine rings is 1. The summed E-state index contributed by atoms with van der Waals surface area (Å²) in [5, 5.41) is 3.86. The van der Waals surface area contributed by atoms with Gasteiger partial charge in [-0.15, -0.1) is 0 Å². The molecule has 1 atom stereocenters. The summed E-state index contributed by atoms with van der Waals surface area (Å²) >= 11 is 18.4. The number of likely N-dealkylation sites (tertiary alicyclic amines) is 1. The molecule has 0 aliphatic carbocycles. The molecule has 1 N–H and O–H groups in total. The molecular formula is C35H33Cl3N4O5. The maximum absolute atomic E-state index is 14.0. The number of amides is 3. The fourth-order valence-corrected chi connectivity index (χ4v) is 6.81. The van der Waals surface area contributed by atoms with Crippen molar-refractivity contribution in [1.82, 2.24) is 15.1 Å². The second-order valence-electron chi connectivity index (χ2n) is 11.8. The molecule has 3 aromatic carbocycles. The normalized spacial score (nSPS) is 16.0. The third-order valence-electron chi connectivity index (χ3n) is 8.63. The molecule has 0 saturated carbocycles. The highest BCUT2D eigenvalue weighted by molar-refractivity contribution is 6.38. The molecular weight excluding hydrogens is 663 g/mol. The van der Waals surface area contributed by atoms with E-state index in [4.69, 9.17) is 39.2 Å². The van der Waals surface area contributed by atoms with Gasteiger partial charge in [0.2, 0.25) is 11.8 Å². The van der Waals surface area contributed by atoms with Gasteiger partial charge in [0, 0.05) is 73.9 Å². The monoisotopic (exact) mass is 694 g/mol. The number of carbonyl (C=O) groups excluding carboxylic acids is 3. The Morgan fingerprint density at radius 1 is 0.851 bits per heavy atom. The first kappa shape index (κ1) is 32.9. The Morgan fingerprint density at radius 3 is 2.34 bits per heavy atom. The maximum atomic E-state index is 14.0. The van der Waals surface area contributed by atoms with Crippen LogP contribution in [0.2, 0.25) is 15.1 Å². The van der Waals surface area contributed by atoms with Crippen molar-refractivity contribution in [2.75, 3.05) is 37.6 Å². The Morgan fingerprint density at radius 2 is 1.60 bits per heavy atom. The molecule has 6 rings (SSSR count). The van der Waals surface area contributed by atoms with Crippen molar-refractivity contribution in [2.24, 2.45) is 0 Å². The second-order valence-corrected chi connectivity index (χ2v) is 13.1. The molecule has 12 heteroatoms. The third kappa shape index (κ3) is 7.59. The van der Waals surface area contributed by atoms with Gasteiger partial charge in [0.1, 0.15) is 6.04 Å². The summed E-state index contributed by atoms with van der Waals surface area (Å²) in [5.74, 6) is -1.06. The van der Waals surface area contributed by atoms with Crippen LogP contribution in [0.1, 0.15) is 40.9 Å². The van der Waals surface area contributed by atoms with E-state index in [0.717, 1.165) is 42.3 Å². The van der Waals surface area contributed by atoms with Gasteiger partial charge in [-0.2, -0.15) is 0 Å². The van der Waals surface area contributed by atoms with Gasteiger partial charge < -0.3 is 24.4 Å². The lowest BCUT2D eigenvalue weighted by Crippen LogP contribution is -2.55. The predicted octanol–water partition coefficient (Wildman–Crippen LogP) is 5.96. The molecule has 4 aromatic rings. The predicted molar refractivity (Wildman–Crippen MR) is 183 cm³/mol. The van der Waals surface area contributed by atoms with Crippen molar-refractivity contribution in [1.29, 1.82) is 0 Å². The Labute approximate surface area is 287 Å². The van der Waals surface area contributed by atoms with Crippen LogP contribution < -0.4 is 15.6 Å². The molecule has 0 bridgehead atoms. The van der Waals surface area contributed by atoms with E-state index in [1.54, 1.807) is 29.2 Å². The Bertz CT molecular complexity index is 1870. The Balaban J connectivity index is 1.19. The van der Waals surface area contributed by atoms with E-state index in [-0.39, 0.29) is 45.0 Å². The lowest BCUT2D eigenvalue weighted by atomic mass is 10.0. The van der Waals surface area contributed by atoms with Crippen LogP contribution in [0.3, 0.4) is 0 Å². The number of fused-ring (bicyclic) bond motifs is 1. The van der Waals surface area contributed by atoms with Crippen LogP contribution in [-0.2, 0) is 22.6 Å². The fourth-order valence-electron chi connectivity index (χ4n) is 6.16. The zero-order chi connectivity index (χ0) is 33.1. The average molecular weight is 696 g/mol. The molecule has 2 aliphatic heterocycles. The van der Waals surface area contributed by atoms with Crippen molar-refractivity contribution in [2.45, 2.75) is 38.3 Å². The summed E-state index contributed by atoms with van der Waals surface area (Å²) in [6.07, 6.45) is 2.74. The van der Waals surface area contributed by atoms with Crippen molar-refractivity contribution < 1.29 is 18.8 Å². The molecule has 244 valence electrons. The van der Waals surface area contributed by atoms with E-state index in [1.807, 2.05) is 17.0 Å². The van der Waals surface area contributed by atoms with Gasteiger partial charge in [0.15, 0.2) is 16.8 Å². The smallest absolute Gasteiger partial charge is 0.287 e. The van der Waals surface area contributed by atoms with Crippen LogP contribution in [0.15, 0.2) is 75.9 Å². The van der Waals surface area contributed by atoms with Crippen LogP contribution >= 0.6 is 34.8 Å². The number of nitrogens with one attached hydrogen (secondary N) is 1. The molecule has 3 heterocycles. The van der Waals surface area contributed by atoms with E-state index in [0.29, 0.717) is 44.2 Å². The van der Waals surface area contributed by atoms with Crippen molar-refractivity contribution >= 4 is 69.2 Å². The van der Waals surface area contributed by atoms with Crippen molar-refractivity contribution in [3.8, 4) is 0 Å². The van der Waals surface area contributed by atoms with Crippen LogP contribution in [0.5, 0.6) is 0 Å². The summed E-state index contributed by atoms with van der Waals surface area (Å²) < 4.78 is 5.74. The SMILES string of the molecule is O=C(N[C@H](Cc1ccc(Cl)cc1)C(=O)N1CCN(c2ccccc2CN2CCCCC2=O)CC1)c1cc(=O)c2cc(Cl)cc(Cl)c2o1. The van der Waals surface area contributed by atoms with Crippen LogP contribution in [-0.4, -0.2) is 66.3 Å². The summed E-state index contributed by atoms with van der Waals surface area (Å²) in [4.78, 5) is 58.7. The molecule has 0 unspecified atom stereocenters. The minimum absolute atomic E-state index is 0.0374. The zero-order valence-electron chi connectivity index (χ0n) is 25.5. The summed E-state index contributed by atoms with van der Waals surface area (Å²) in [6, 6.07) is 18.1. The average Bonchev–Trinajstić information content (AvgIpc) is 3.07. The maximum Gasteiger partial charge on any atom is 0.287 e. The zero-order valence-corrected chi connectivity index (χ0v) is 27.8. The number of halogens is 3. The van der Waals surface area contributed by atoms with Gasteiger partial charge in [-0.3, -0.25) is 19.2 Å². The number of carbonyl (C=O) groups is 3. The number of rotatable bonds is 8. The van der Waals surface area contributed by atoms with E-state index in [2.05, 4.69) is 22.3 Å². The Hall–Kier alpha value is -4.05. The Kier molecular flexibility index (Phi) is 10.1. The number of benzene rings is 3. The van der Waals surface area contributed by atoms with Crippen LogP contribution in [0, 0.1) is 0 Å². The van der Waals surface area contributed by atoms with Gasteiger partial charge in [-0.25, -0.2) is 0 Å². The van der Waals surface area contributed by atoms with E-state index in [9.17, 15) is 19.2 Å². The van der Waals surface area contributed by atoms with Gasteiger partial charge in [0.05, 0.1) is 10.4 Å². The number of para-hydroxylation sites is 1. The lowest BCUT2D eigenvalue weighted by Gasteiger charge is -2.39. The molecule has 0 radical (unpaired) electrons. The number of hydrogen-bond donors (Lipinski definition) is 1. The molecule has 1 aromatic heterocycles. The van der Waals surface area contributed by atoms with Crippen LogP contribution in [0.4, 0.5) is 5.69 Å². The first-order chi connectivity index (χ1) is 22.7. The standard InChI is InChI=1S/C35H33Cl3N4O5/c36-24-10-8-22(9-11-24)17-28(39-34(45)31-20-30(43)26-18-25(37)19-27(38)33(26)47-31)35(46)41-15-13-40(14-16-41)29-6-2-1-5-23(29)21-42-12-4-3-7-32(42)44/h1-2,5-6,8-11,18-20,28H,3-4,7,12-17,21H2,(H,39,45)/t28-/m1/s1. The molecule has 2 aliphatic rings. The minimum atomic E-state index is -0.950. The quantitative estimate of drug-likeness (QED) is 0.244. The van der Waals surface area contributed by atoms with Gasteiger partial charge in [-0.05, 0) is 54.3 Å². The molecule has 47 heavy (non-hydrogen) atoms. The number of piperidine rings is 1. The van der Waals surface area contributed by atoms with Crippen molar-refractivity contribution in [3.63, 3.8) is 0 Å². The highest BCUT2D eigenvalue weighted by atomic mass is 35.5. The van der Waals surface area contributed by atoms with Gasteiger partial charge in [-0.1, -0.05) is 65.1 Å². The molecule has 0 spiro atoms. The highest BCUT2D eigenvalue weighted by Crippen LogP contribution is 2.28. The topological polar surface area (TPSA) is 103 Å². The number of anilines is 1. The molecule has 9 nitrogen and oxygen atoms in total. The number of nitrogens with zero attached hydrogens (tertiary/aromatic N) is 3.